The molecule has 2 aromatic carbocycles. The number of carbonyl (C=O) groups excluding carboxylic acids is 2. The third kappa shape index (κ3) is 5.59. The van der Waals surface area contributed by atoms with E-state index in [1.54, 1.807) is 30.5 Å². The number of aryl methyl sites for hydroxylation is 2. The van der Waals surface area contributed by atoms with E-state index in [-0.39, 0.29) is 11.8 Å². The second-order valence-corrected chi connectivity index (χ2v) is 6.21. The Morgan fingerprint density at radius 3 is 2.35 bits per heavy atom. The minimum absolute atomic E-state index is 0.0586. The summed E-state index contributed by atoms with van der Waals surface area (Å²) in [6.07, 6.45) is 4.96. The van der Waals surface area contributed by atoms with Crippen molar-refractivity contribution in [2.24, 2.45) is 0 Å². The quantitative estimate of drug-likeness (QED) is 0.312. The first kappa shape index (κ1) is 19.4. The van der Waals surface area contributed by atoms with Crippen LogP contribution in [0.4, 0.5) is 5.69 Å². The van der Waals surface area contributed by atoms with Crippen LogP contribution in [0.5, 0.6) is 0 Å². The Bertz CT molecular complexity index is 792. The monoisotopic (exact) mass is 351 g/mol. The molecule has 1 N–H and O–H groups in total. The maximum Gasteiger partial charge on any atom is 0.338 e. The van der Waals surface area contributed by atoms with Gasteiger partial charge >= 0.3 is 5.97 Å². The van der Waals surface area contributed by atoms with Gasteiger partial charge in [0, 0.05) is 23.5 Å². The molecule has 2 rings (SSSR count). The van der Waals surface area contributed by atoms with E-state index in [0.717, 1.165) is 29.7 Å². The fraction of sp³-hybridized carbons (Fsp3) is 0.273. The number of ether oxygens (including phenoxy) is 1. The Balaban J connectivity index is 1.90. The summed E-state index contributed by atoms with van der Waals surface area (Å²) in [5, 5.41) is 3.04. The third-order valence-corrected chi connectivity index (χ3v) is 4.13. The van der Waals surface area contributed by atoms with E-state index < -0.39 is 0 Å². The second-order valence-electron chi connectivity index (χ2n) is 6.21. The Hall–Kier alpha value is -2.88. The molecule has 0 spiro atoms. The van der Waals surface area contributed by atoms with Crippen LogP contribution in [0.15, 0.2) is 54.7 Å². The van der Waals surface area contributed by atoms with Gasteiger partial charge in [0.15, 0.2) is 5.78 Å². The summed E-state index contributed by atoms with van der Waals surface area (Å²) < 4.78 is 5.17. The molecular weight excluding hydrogens is 326 g/mol. The number of benzene rings is 2. The van der Waals surface area contributed by atoms with E-state index >= 15 is 0 Å². The molecule has 0 heterocycles. The van der Waals surface area contributed by atoms with E-state index in [9.17, 15) is 9.59 Å². The number of ketones is 1. The standard InChI is InChI=1S/C22H25NO3/c1-4-5-14-26-22(25)18-8-10-20(11-9-18)23-13-12-21(24)19-7-6-16(2)17(3)15-19/h6-13,15,23H,4-5,14H2,1-3H3. The van der Waals surface area contributed by atoms with Gasteiger partial charge in [0.2, 0.25) is 0 Å². The molecule has 0 saturated heterocycles. The van der Waals surface area contributed by atoms with Gasteiger partial charge in [0.05, 0.1) is 12.2 Å². The average molecular weight is 351 g/mol. The summed E-state index contributed by atoms with van der Waals surface area (Å²) >= 11 is 0. The molecule has 0 radical (unpaired) electrons. The smallest absolute Gasteiger partial charge is 0.338 e. The van der Waals surface area contributed by atoms with Crippen LogP contribution in [0.2, 0.25) is 0 Å². The normalized spacial score (nSPS) is 10.7. The molecule has 0 aliphatic rings. The minimum atomic E-state index is -0.314. The Morgan fingerprint density at radius 2 is 1.69 bits per heavy atom. The molecule has 136 valence electrons. The van der Waals surface area contributed by atoms with Crippen LogP contribution in [0.25, 0.3) is 0 Å². The lowest BCUT2D eigenvalue weighted by Crippen LogP contribution is -2.06. The Morgan fingerprint density at radius 1 is 1.00 bits per heavy atom. The number of rotatable bonds is 8. The van der Waals surface area contributed by atoms with Gasteiger partial charge in [-0.25, -0.2) is 4.79 Å². The van der Waals surface area contributed by atoms with Crippen LogP contribution < -0.4 is 5.32 Å². The summed E-state index contributed by atoms with van der Waals surface area (Å²) in [5.41, 5.74) is 4.23. The number of carbonyl (C=O) groups is 2. The largest absolute Gasteiger partial charge is 0.462 e. The maximum absolute atomic E-state index is 12.2. The molecule has 0 saturated carbocycles. The summed E-state index contributed by atoms with van der Waals surface area (Å²) in [6.45, 7) is 6.50. The molecule has 0 fully saturated rings. The summed E-state index contributed by atoms with van der Waals surface area (Å²) in [7, 11) is 0. The van der Waals surface area contributed by atoms with Crippen molar-refractivity contribution in [3.05, 3.63) is 77.0 Å². The fourth-order valence-corrected chi connectivity index (χ4v) is 2.30. The highest BCUT2D eigenvalue weighted by Gasteiger charge is 2.06. The SMILES string of the molecule is CCCCOC(=O)c1ccc(NC=CC(=O)c2ccc(C)c(C)c2)cc1. The van der Waals surface area contributed by atoms with Gasteiger partial charge in [-0.05, 0) is 61.7 Å². The molecule has 4 nitrogen and oxygen atoms in total. The Labute approximate surface area is 154 Å². The maximum atomic E-state index is 12.2. The van der Waals surface area contributed by atoms with Crippen molar-refractivity contribution in [1.29, 1.82) is 0 Å². The van der Waals surface area contributed by atoms with Crippen molar-refractivity contribution in [1.82, 2.24) is 0 Å². The van der Waals surface area contributed by atoms with Gasteiger partial charge in [0.1, 0.15) is 0 Å². The van der Waals surface area contributed by atoms with Crippen molar-refractivity contribution in [3.63, 3.8) is 0 Å². The van der Waals surface area contributed by atoms with Gasteiger partial charge in [0.25, 0.3) is 0 Å². The molecule has 26 heavy (non-hydrogen) atoms. The van der Waals surface area contributed by atoms with Crippen LogP contribution in [-0.4, -0.2) is 18.4 Å². The Kier molecular flexibility index (Phi) is 7.15. The molecule has 0 bridgehead atoms. The fourth-order valence-electron chi connectivity index (χ4n) is 2.30. The van der Waals surface area contributed by atoms with Crippen molar-refractivity contribution >= 4 is 17.4 Å². The van der Waals surface area contributed by atoms with E-state index in [0.29, 0.717) is 17.7 Å². The van der Waals surface area contributed by atoms with Crippen molar-refractivity contribution < 1.29 is 14.3 Å². The topological polar surface area (TPSA) is 55.4 Å². The highest BCUT2D eigenvalue weighted by Crippen LogP contribution is 2.13. The highest BCUT2D eigenvalue weighted by atomic mass is 16.5. The second kappa shape index (κ2) is 9.56. The van der Waals surface area contributed by atoms with Gasteiger partial charge in [-0.1, -0.05) is 25.5 Å². The molecule has 0 aliphatic carbocycles. The van der Waals surface area contributed by atoms with Gasteiger partial charge in [-0.3, -0.25) is 4.79 Å². The van der Waals surface area contributed by atoms with Crippen molar-refractivity contribution in [3.8, 4) is 0 Å². The van der Waals surface area contributed by atoms with Crippen LogP contribution >= 0.6 is 0 Å². The zero-order valence-corrected chi connectivity index (χ0v) is 15.5. The first-order valence-corrected chi connectivity index (χ1v) is 8.83. The van der Waals surface area contributed by atoms with Crippen LogP contribution in [0.1, 0.15) is 51.6 Å². The molecule has 0 aromatic heterocycles. The molecule has 0 atom stereocenters. The van der Waals surface area contributed by atoms with Crippen LogP contribution in [0.3, 0.4) is 0 Å². The lowest BCUT2D eigenvalue weighted by atomic mass is 10.0. The van der Waals surface area contributed by atoms with Gasteiger partial charge < -0.3 is 10.1 Å². The summed E-state index contributed by atoms with van der Waals surface area (Å²) in [4.78, 5) is 24.0. The number of unbranched alkanes of at least 4 members (excludes halogenated alkanes) is 1. The molecule has 0 aliphatic heterocycles. The lowest BCUT2D eigenvalue weighted by Gasteiger charge is -2.05. The number of esters is 1. The average Bonchev–Trinajstić information content (AvgIpc) is 2.64. The van der Waals surface area contributed by atoms with Crippen LogP contribution in [-0.2, 0) is 4.74 Å². The molecule has 0 unspecified atom stereocenters. The number of hydrogen-bond donors (Lipinski definition) is 1. The van der Waals surface area contributed by atoms with Gasteiger partial charge in [-0.2, -0.15) is 0 Å². The van der Waals surface area contributed by atoms with Crippen molar-refractivity contribution in [2.45, 2.75) is 33.6 Å². The third-order valence-electron chi connectivity index (χ3n) is 4.13. The number of allylic oxidation sites excluding steroid dienone is 1. The lowest BCUT2D eigenvalue weighted by molar-refractivity contribution is 0.0499. The summed E-state index contributed by atoms with van der Waals surface area (Å²) in [6, 6.07) is 12.6. The van der Waals surface area contributed by atoms with E-state index in [1.807, 2.05) is 39.0 Å². The number of hydrogen-bond acceptors (Lipinski definition) is 4. The van der Waals surface area contributed by atoms with E-state index in [2.05, 4.69) is 5.32 Å². The van der Waals surface area contributed by atoms with Crippen molar-refractivity contribution in [2.75, 3.05) is 11.9 Å². The first-order chi connectivity index (χ1) is 12.5. The van der Waals surface area contributed by atoms with Gasteiger partial charge in [-0.15, -0.1) is 0 Å². The van der Waals surface area contributed by atoms with E-state index in [4.69, 9.17) is 4.74 Å². The predicted octanol–water partition coefficient (Wildman–Crippen LogP) is 5.07. The zero-order valence-electron chi connectivity index (χ0n) is 15.5. The molecular formula is C22H25NO3. The summed E-state index contributed by atoms with van der Waals surface area (Å²) in [5.74, 6) is -0.373. The predicted molar refractivity (Wildman–Crippen MR) is 105 cm³/mol. The molecule has 4 heteroatoms. The number of nitrogens with one attached hydrogen (secondary N) is 1. The van der Waals surface area contributed by atoms with Crippen LogP contribution in [0, 0.1) is 13.8 Å². The molecule has 2 aromatic rings. The first-order valence-electron chi connectivity index (χ1n) is 8.83. The number of anilines is 1. The molecule has 0 amide bonds. The van der Waals surface area contributed by atoms with E-state index in [1.165, 1.54) is 6.08 Å². The zero-order chi connectivity index (χ0) is 18.9. The minimum Gasteiger partial charge on any atom is -0.462 e. The highest BCUT2D eigenvalue weighted by molar-refractivity contribution is 6.04.